The number of aromatic nitrogens is 1. The summed E-state index contributed by atoms with van der Waals surface area (Å²) in [5, 5.41) is 5.65. The lowest BCUT2D eigenvalue weighted by Gasteiger charge is -2.20. The number of thioether (sulfide) groups is 1. The van der Waals surface area contributed by atoms with E-state index < -0.39 is 0 Å². The van der Waals surface area contributed by atoms with Crippen molar-refractivity contribution in [3.05, 3.63) is 15.6 Å². The number of nitrogens with zero attached hydrogens (tertiary/aromatic N) is 1. The fraction of sp³-hybridized carbons (Fsp3) is 0.812. The third-order valence-corrected chi connectivity index (χ3v) is 6.13. The highest BCUT2D eigenvalue weighted by atomic mass is 32.2. The van der Waals surface area contributed by atoms with Crippen molar-refractivity contribution in [3.63, 3.8) is 0 Å². The van der Waals surface area contributed by atoms with Crippen LogP contribution in [0.25, 0.3) is 0 Å². The monoisotopic (exact) mass is 312 g/mol. The molecule has 0 aromatic carbocycles. The molecule has 0 aliphatic carbocycles. The molecule has 2 rings (SSSR count). The van der Waals surface area contributed by atoms with Gasteiger partial charge in [0, 0.05) is 17.0 Å². The maximum absolute atomic E-state index is 4.99. The van der Waals surface area contributed by atoms with Crippen LogP contribution in [0.4, 0.5) is 0 Å². The van der Waals surface area contributed by atoms with Crippen LogP contribution < -0.4 is 5.32 Å². The van der Waals surface area contributed by atoms with Gasteiger partial charge in [0.2, 0.25) is 0 Å². The third-order valence-electron chi connectivity index (χ3n) is 3.38. The lowest BCUT2D eigenvalue weighted by atomic mass is 10.1. The van der Waals surface area contributed by atoms with Gasteiger partial charge < -0.3 is 5.32 Å². The Bertz CT molecular complexity index is 426. The van der Waals surface area contributed by atoms with Gasteiger partial charge in [-0.3, -0.25) is 0 Å². The number of hydrogen-bond donors (Lipinski definition) is 1. The summed E-state index contributed by atoms with van der Waals surface area (Å²) in [5.74, 6) is 1.98. The zero-order valence-electron chi connectivity index (χ0n) is 13.5. The van der Waals surface area contributed by atoms with Gasteiger partial charge in [0.05, 0.1) is 10.9 Å². The summed E-state index contributed by atoms with van der Waals surface area (Å²) in [6.45, 7) is 12.2. The smallest absolute Gasteiger partial charge is 0.106 e. The number of hydrogen-bond acceptors (Lipinski definition) is 4. The minimum Gasteiger partial charge on any atom is -0.307 e. The van der Waals surface area contributed by atoms with Crippen LogP contribution >= 0.6 is 23.1 Å². The van der Waals surface area contributed by atoms with E-state index in [-0.39, 0.29) is 5.54 Å². The summed E-state index contributed by atoms with van der Waals surface area (Å²) in [6.07, 6.45) is 3.77. The second-order valence-corrected chi connectivity index (χ2v) is 9.55. The van der Waals surface area contributed by atoms with Crippen molar-refractivity contribution in [1.29, 1.82) is 0 Å². The van der Waals surface area contributed by atoms with E-state index in [1.807, 2.05) is 11.3 Å². The Balaban J connectivity index is 2.13. The van der Waals surface area contributed by atoms with Crippen LogP contribution in [0.3, 0.4) is 0 Å². The molecule has 0 spiro atoms. The van der Waals surface area contributed by atoms with E-state index in [1.54, 1.807) is 0 Å². The average molecular weight is 313 g/mol. The lowest BCUT2D eigenvalue weighted by Crippen LogP contribution is -2.35. The maximum atomic E-state index is 4.99. The van der Waals surface area contributed by atoms with E-state index in [4.69, 9.17) is 4.98 Å². The Kier molecular flexibility index (Phi) is 5.55. The van der Waals surface area contributed by atoms with Crippen molar-refractivity contribution < 1.29 is 0 Å². The number of thiazole rings is 1. The quantitative estimate of drug-likeness (QED) is 0.845. The lowest BCUT2D eigenvalue weighted by molar-refractivity contribution is 0.425. The molecule has 0 radical (unpaired) electrons. The van der Waals surface area contributed by atoms with E-state index in [0.717, 1.165) is 13.0 Å². The molecule has 4 heteroatoms. The van der Waals surface area contributed by atoms with E-state index in [9.17, 15) is 0 Å². The molecule has 20 heavy (non-hydrogen) atoms. The minimum absolute atomic E-state index is 0.168. The SMILES string of the molecule is CC(C)Cc1nc(C2CCCS2)sc1CNC(C)(C)C. The third kappa shape index (κ3) is 4.74. The summed E-state index contributed by atoms with van der Waals surface area (Å²) < 4.78 is 0. The molecule has 1 aromatic rings. The van der Waals surface area contributed by atoms with Crippen LogP contribution in [-0.2, 0) is 13.0 Å². The molecule has 2 nitrogen and oxygen atoms in total. The van der Waals surface area contributed by atoms with Crippen molar-refractivity contribution in [1.82, 2.24) is 10.3 Å². The Morgan fingerprint density at radius 1 is 1.35 bits per heavy atom. The van der Waals surface area contributed by atoms with Gasteiger partial charge in [-0.15, -0.1) is 11.3 Å². The van der Waals surface area contributed by atoms with Gasteiger partial charge in [-0.25, -0.2) is 4.98 Å². The standard InChI is InChI=1S/C16H28N2S2/c1-11(2)9-12-14(10-17-16(3,4)5)20-15(18-12)13-7-6-8-19-13/h11,13,17H,6-10H2,1-5H3. The highest BCUT2D eigenvalue weighted by molar-refractivity contribution is 7.99. The predicted molar refractivity (Wildman–Crippen MR) is 91.7 cm³/mol. The molecule has 1 aliphatic rings. The second-order valence-electron chi connectivity index (χ2n) is 7.13. The Morgan fingerprint density at radius 2 is 2.10 bits per heavy atom. The van der Waals surface area contributed by atoms with Crippen molar-refractivity contribution in [2.75, 3.05) is 5.75 Å². The Hall–Kier alpha value is -0.0600. The molecule has 1 atom stereocenters. The predicted octanol–water partition coefficient (Wildman–Crippen LogP) is 4.80. The first-order valence-electron chi connectivity index (χ1n) is 7.70. The van der Waals surface area contributed by atoms with Gasteiger partial charge in [-0.2, -0.15) is 11.8 Å². The maximum Gasteiger partial charge on any atom is 0.106 e. The van der Waals surface area contributed by atoms with Gasteiger partial charge in [-0.1, -0.05) is 13.8 Å². The molecular formula is C16H28N2S2. The highest BCUT2D eigenvalue weighted by Crippen LogP contribution is 2.42. The molecule has 1 aromatic heterocycles. The van der Waals surface area contributed by atoms with Crippen LogP contribution in [-0.4, -0.2) is 16.3 Å². The molecule has 1 aliphatic heterocycles. The van der Waals surface area contributed by atoms with Crippen molar-refractivity contribution in [2.24, 2.45) is 5.92 Å². The largest absolute Gasteiger partial charge is 0.307 e. The molecule has 1 saturated heterocycles. The molecule has 1 fully saturated rings. The summed E-state index contributed by atoms with van der Waals surface area (Å²) in [6, 6.07) is 0. The summed E-state index contributed by atoms with van der Waals surface area (Å²) >= 11 is 4.03. The highest BCUT2D eigenvalue weighted by Gasteiger charge is 2.23. The number of nitrogens with one attached hydrogen (secondary N) is 1. The van der Waals surface area contributed by atoms with Crippen LogP contribution in [0.5, 0.6) is 0 Å². The Labute approximate surface area is 132 Å². The molecule has 1 N–H and O–H groups in total. The molecular weight excluding hydrogens is 284 g/mol. The minimum atomic E-state index is 0.168. The molecule has 0 amide bonds. The topological polar surface area (TPSA) is 24.9 Å². The average Bonchev–Trinajstić information content (AvgIpc) is 2.93. The first-order valence-corrected chi connectivity index (χ1v) is 9.57. The first kappa shape index (κ1) is 16.3. The van der Waals surface area contributed by atoms with E-state index in [2.05, 4.69) is 51.7 Å². The summed E-state index contributed by atoms with van der Waals surface area (Å²) in [4.78, 5) is 6.45. The zero-order chi connectivity index (χ0) is 14.8. The van der Waals surface area contributed by atoms with E-state index in [1.165, 1.54) is 34.2 Å². The molecule has 1 unspecified atom stereocenters. The van der Waals surface area contributed by atoms with Crippen LogP contribution in [0, 0.1) is 5.92 Å². The second kappa shape index (κ2) is 6.80. The molecule has 114 valence electrons. The van der Waals surface area contributed by atoms with Gasteiger partial charge in [0.15, 0.2) is 0 Å². The van der Waals surface area contributed by atoms with Gasteiger partial charge in [0.1, 0.15) is 5.01 Å². The summed E-state index contributed by atoms with van der Waals surface area (Å²) in [7, 11) is 0. The fourth-order valence-electron chi connectivity index (χ4n) is 2.34. The van der Waals surface area contributed by atoms with Crippen molar-refractivity contribution in [2.45, 2.75) is 71.2 Å². The van der Waals surface area contributed by atoms with Crippen LogP contribution in [0.2, 0.25) is 0 Å². The van der Waals surface area contributed by atoms with Gasteiger partial charge in [-0.05, 0) is 51.7 Å². The number of rotatable bonds is 5. The normalized spacial score (nSPS) is 20.0. The van der Waals surface area contributed by atoms with Crippen molar-refractivity contribution >= 4 is 23.1 Å². The molecule has 2 heterocycles. The molecule has 0 saturated carbocycles. The van der Waals surface area contributed by atoms with Crippen LogP contribution in [0.1, 0.15) is 68.3 Å². The van der Waals surface area contributed by atoms with Crippen molar-refractivity contribution in [3.8, 4) is 0 Å². The summed E-state index contributed by atoms with van der Waals surface area (Å²) in [5.41, 5.74) is 1.51. The first-order chi connectivity index (χ1) is 9.35. The van der Waals surface area contributed by atoms with E-state index in [0.29, 0.717) is 11.2 Å². The zero-order valence-corrected chi connectivity index (χ0v) is 15.1. The van der Waals surface area contributed by atoms with Crippen LogP contribution in [0.15, 0.2) is 0 Å². The van der Waals surface area contributed by atoms with E-state index >= 15 is 0 Å². The van der Waals surface area contributed by atoms with Gasteiger partial charge in [0.25, 0.3) is 0 Å². The Morgan fingerprint density at radius 3 is 2.65 bits per heavy atom. The van der Waals surface area contributed by atoms with Gasteiger partial charge >= 0.3 is 0 Å². The molecule has 0 bridgehead atoms. The fourth-order valence-corrected chi connectivity index (χ4v) is 4.89.